The molecule has 0 atom stereocenters. The van der Waals surface area contributed by atoms with Gasteiger partial charge in [-0.3, -0.25) is 4.79 Å². The first kappa shape index (κ1) is 18.2. The Bertz CT molecular complexity index is 1320. The van der Waals surface area contributed by atoms with Gasteiger partial charge in [0.25, 0.3) is 5.56 Å². The highest BCUT2D eigenvalue weighted by Gasteiger charge is 2.13. The molecule has 0 aliphatic carbocycles. The summed E-state index contributed by atoms with van der Waals surface area (Å²) in [5, 5.41) is 14.4. The molecule has 2 aromatic heterocycles. The number of hydrogen-bond acceptors (Lipinski definition) is 4. The second-order valence-corrected chi connectivity index (χ2v) is 7.05. The van der Waals surface area contributed by atoms with Gasteiger partial charge in [0.2, 0.25) is 0 Å². The van der Waals surface area contributed by atoms with E-state index in [0.29, 0.717) is 32.6 Å². The summed E-state index contributed by atoms with van der Waals surface area (Å²) in [6, 6.07) is 17.4. The van der Waals surface area contributed by atoms with Crippen LogP contribution in [0.5, 0.6) is 0 Å². The van der Waals surface area contributed by atoms with Crippen molar-refractivity contribution >= 4 is 28.8 Å². The average molecular weight is 407 g/mol. The molecule has 0 unspecified atom stereocenters. The minimum Gasteiger partial charge on any atom is -0.267 e. The van der Waals surface area contributed by atoms with Crippen LogP contribution in [0.1, 0.15) is 11.3 Å². The van der Waals surface area contributed by atoms with E-state index in [9.17, 15) is 4.79 Å². The molecule has 2 heterocycles. The first-order valence-corrected chi connectivity index (χ1v) is 9.09. The first-order chi connectivity index (χ1) is 13.5. The monoisotopic (exact) mass is 406 g/mol. The van der Waals surface area contributed by atoms with Crippen LogP contribution in [0.4, 0.5) is 0 Å². The van der Waals surface area contributed by atoms with E-state index in [1.165, 1.54) is 10.6 Å². The number of aryl methyl sites for hydroxylation is 1. The normalized spacial score (nSPS) is 10.8. The van der Waals surface area contributed by atoms with Gasteiger partial charge in [0.15, 0.2) is 5.65 Å². The Morgan fingerprint density at radius 3 is 2.43 bits per heavy atom. The number of aromatic nitrogens is 3. The number of fused-ring (bicyclic) bond motifs is 1. The molecule has 0 bridgehead atoms. The smallest absolute Gasteiger partial charge is 0.267 e. The number of rotatable bonds is 2. The fourth-order valence-electron chi connectivity index (χ4n) is 2.97. The van der Waals surface area contributed by atoms with Crippen LogP contribution in [0.15, 0.2) is 59.4 Å². The highest BCUT2D eigenvalue weighted by Crippen LogP contribution is 2.32. The van der Waals surface area contributed by atoms with Crippen molar-refractivity contribution in [2.24, 2.45) is 0 Å². The summed E-state index contributed by atoms with van der Waals surface area (Å²) in [7, 11) is 0. The number of benzene rings is 2. The van der Waals surface area contributed by atoms with E-state index in [0.717, 1.165) is 16.7 Å². The number of nitriles is 1. The van der Waals surface area contributed by atoms with Crippen molar-refractivity contribution in [3.05, 3.63) is 86.3 Å². The maximum absolute atomic E-state index is 12.6. The maximum Gasteiger partial charge on any atom is 0.275 e. The lowest BCUT2D eigenvalue weighted by atomic mass is 10.0. The molecule has 0 fully saturated rings. The Kier molecular flexibility index (Phi) is 4.60. The largest absolute Gasteiger partial charge is 0.275 e. The summed E-state index contributed by atoms with van der Waals surface area (Å²) in [6.07, 6.45) is 0. The van der Waals surface area contributed by atoms with Crippen molar-refractivity contribution in [3.8, 4) is 28.5 Å². The van der Waals surface area contributed by atoms with Gasteiger partial charge in [0, 0.05) is 32.8 Å². The average Bonchev–Trinajstić information content (AvgIpc) is 2.68. The highest BCUT2D eigenvalue weighted by atomic mass is 35.5. The fraction of sp³-hybridized carbons (Fsp3) is 0.0476. The molecule has 5 nitrogen and oxygen atoms in total. The van der Waals surface area contributed by atoms with Crippen molar-refractivity contribution in [1.82, 2.24) is 14.6 Å². The second-order valence-electron chi connectivity index (χ2n) is 6.21. The third-order valence-corrected chi connectivity index (χ3v) is 4.91. The van der Waals surface area contributed by atoms with Gasteiger partial charge in [-0.05, 0) is 37.3 Å². The van der Waals surface area contributed by atoms with E-state index in [-0.39, 0.29) is 5.56 Å². The van der Waals surface area contributed by atoms with Gasteiger partial charge in [-0.2, -0.15) is 14.9 Å². The minimum absolute atomic E-state index is 0.291. The Morgan fingerprint density at radius 1 is 1.00 bits per heavy atom. The molecule has 4 aromatic rings. The lowest BCUT2D eigenvalue weighted by molar-refractivity contribution is 0.845. The predicted octanol–water partition coefficient (Wildman–Crippen LogP) is 4.91. The zero-order valence-corrected chi connectivity index (χ0v) is 16.2. The van der Waals surface area contributed by atoms with Gasteiger partial charge in [0.1, 0.15) is 0 Å². The number of nitrogens with zero attached hydrogens (tertiary/aromatic N) is 4. The van der Waals surface area contributed by atoms with E-state index in [1.807, 2.05) is 6.07 Å². The van der Waals surface area contributed by atoms with Crippen LogP contribution >= 0.6 is 23.2 Å². The van der Waals surface area contributed by atoms with Crippen LogP contribution in [0.25, 0.3) is 28.0 Å². The van der Waals surface area contributed by atoms with Gasteiger partial charge in [-0.25, -0.2) is 4.98 Å². The summed E-state index contributed by atoms with van der Waals surface area (Å²) in [4.78, 5) is 17.2. The minimum atomic E-state index is -0.291. The van der Waals surface area contributed by atoms with E-state index < -0.39 is 0 Å². The van der Waals surface area contributed by atoms with E-state index in [4.69, 9.17) is 28.5 Å². The molecule has 0 aliphatic rings. The SMILES string of the molecule is Cc1nn2c(=O)cc(-c3ccc(C#N)cc3)nc2cc1-c1ccc(Cl)cc1Cl. The van der Waals surface area contributed by atoms with Gasteiger partial charge < -0.3 is 0 Å². The van der Waals surface area contributed by atoms with Crippen molar-refractivity contribution < 1.29 is 0 Å². The van der Waals surface area contributed by atoms with Gasteiger partial charge in [-0.1, -0.05) is 41.4 Å². The number of halogens is 2. The Morgan fingerprint density at radius 2 is 1.75 bits per heavy atom. The molecule has 0 amide bonds. The summed E-state index contributed by atoms with van der Waals surface area (Å²) < 4.78 is 1.26. The quantitative estimate of drug-likeness (QED) is 0.473. The Balaban J connectivity index is 1.92. The van der Waals surface area contributed by atoms with E-state index >= 15 is 0 Å². The molecule has 136 valence electrons. The summed E-state index contributed by atoms with van der Waals surface area (Å²) >= 11 is 12.3. The van der Waals surface area contributed by atoms with Crippen LogP contribution in [0, 0.1) is 18.3 Å². The van der Waals surface area contributed by atoms with Gasteiger partial charge >= 0.3 is 0 Å². The topological polar surface area (TPSA) is 71.1 Å². The Hall–Kier alpha value is -3.20. The molecule has 0 saturated carbocycles. The lowest BCUT2D eigenvalue weighted by Crippen LogP contribution is -2.18. The fourth-order valence-corrected chi connectivity index (χ4v) is 3.48. The molecule has 0 aliphatic heterocycles. The second kappa shape index (κ2) is 7.08. The third-order valence-electron chi connectivity index (χ3n) is 4.37. The third kappa shape index (κ3) is 3.24. The van der Waals surface area contributed by atoms with Crippen LogP contribution in [-0.2, 0) is 0 Å². The first-order valence-electron chi connectivity index (χ1n) is 8.34. The van der Waals surface area contributed by atoms with Crippen molar-refractivity contribution in [2.75, 3.05) is 0 Å². The Labute approximate surface area is 170 Å². The molecule has 2 aromatic carbocycles. The zero-order valence-electron chi connectivity index (χ0n) is 14.6. The molecular weight excluding hydrogens is 395 g/mol. The van der Waals surface area contributed by atoms with E-state index in [2.05, 4.69) is 16.2 Å². The van der Waals surface area contributed by atoms with Crippen LogP contribution in [0.3, 0.4) is 0 Å². The standard InChI is InChI=1S/C21H12Cl2N4O/c1-12-17(16-7-6-15(22)8-18(16)23)9-20-25-19(10-21(28)27(20)26-12)14-4-2-13(11-24)3-5-14/h2-10H,1H3. The molecule has 7 heteroatoms. The number of hydrogen-bond donors (Lipinski definition) is 0. The van der Waals surface area contributed by atoms with Crippen LogP contribution in [0.2, 0.25) is 10.0 Å². The highest BCUT2D eigenvalue weighted by molar-refractivity contribution is 6.36. The van der Waals surface area contributed by atoms with Gasteiger partial charge in [-0.15, -0.1) is 0 Å². The summed E-state index contributed by atoms with van der Waals surface area (Å²) in [6.45, 7) is 1.81. The summed E-state index contributed by atoms with van der Waals surface area (Å²) in [5.74, 6) is 0. The van der Waals surface area contributed by atoms with Crippen molar-refractivity contribution in [1.29, 1.82) is 5.26 Å². The van der Waals surface area contributed by atoms with Crippen molar-refractivity contribution in [3.63, 3.8) is 0 Å². The molecule has 0 saturated heterocycles. The van der Waals surface area contributed by atoms with E-state index in [1.54, 1.807) is 49.4 Å². The zero-order chi connectivity index (χ0) is 19.8. The molecule has 0 N–H and O–H groups in total. The predicted molar refractivity (Wildman–Crippen MR) is 110 cm³/mol. The molecule has 28 heavy (non-hydrogen) atoms. The van der Waals surface area contributed by atoms with Crippen LogP contribution < -0.4 is 5.56 Å². The molecule has 0 spiro atoms. The lowest BCUT2D eigenvalue weighted by Gasteiger charge is -2.11. The van der Waals surface area contributed by atoms with Crippen LogP contribution in [-0.4, -0.2) is 14.6 Å². The van der Waals surface area contributed by atoms with Gasteiger partial charge in [0.05, 0.1) is 23.0 Å². The maximum atomic E-state index is 12.6. The summed E-state index contributed by atoms with van der Waals surface area (Å²) in [5.41, 5.74) is 4.07. The molecule has 0 radical (unpaired) electrons. The van der Waals surface area contributed by atoms with Crippen molar-refractivity contribution in [2.45, 2.75) is 6.92 Å². The molecule has 4 rings (SSSR count). The molecular formula is C21H12Cl2N4O.